The number of hydrogen-bond donors (Lipinski definition) is 0. The molecule has 0 N–H and O–H groups in total. The number of aryl methyl sites for hydroxylation is 4. The second-order valence-corrected chi connectivity index (χ2v) is 4.26. The van der Waals surface area contributed by atoms with E-state index in [2.05, 4.69) is 11.9 Å². The van der Waals surface area contributed by atoms with Gasteiger partial charge in [-0.2, -0.15) is 0 Å². The standard InChI is InChI=1S/C12H17N3O/c1-5-6-9-13-10-8(2)7-14(3)12(16)11(10)15(9)4/h7H,5-6H2,1-4H3. The summed E-state index contributed by atoms with van der Waals surface area (Å²) < 4.78 is 3.54. The van der Waals surface area contributed by atoms with Crippen LogP contribution < -0.4 is 5.56 Å². The van der Waals surface area contributed by atoms with E-state index in [0.717, 1.165) is 29.7 Å². The zero-order valence-electron chi connectivity index (χ0n) is 10.2. The number of nitrogens with zero attached hydrogens (tertiary/aromatic N) is 3. The van der Waals surface area contributed by atoms with Gasteiger partial charge in [-0.05, 0) is 18.9 Å². The molecule has 0 spiro atoms. The summed E-state index contributed by atoms with van der Waals surface area (Å²) in [5.41, 5.74) is 2.63. The van der Waals surface area contributed by atoms with Gasteiger partial charge < -0.3 is 9.13 Å². The van der Waals surface area contributed by atoms with Crippen LogP contribution in [0.1, 0.15) is 24.7 Å². The topological polar surface area (TPSA) is 39.8 Å². The lowest BCUT2D eigenvalue weighted by Gasteiger charge is -2.02. The van der Waals surface area contributed by atoms with Crippen molar-refractivity contribution in [3.63, 3.8) is 0 Å². The predicted octanol–water partition coefficient (Wildman–Crippen LogP) is 1.53. The number of rotatable bonds is 2. The number of hydrogen-bond acceptors (Lipinski definition) is 2. The first-order valence-corrected chi connectivity index (χ1v) is 5.57. The minimum atomic E-state index is 0.0259. The normalized spacial score (nSPS) is 11.2. The van der Waals surface area contributed by atoms with Crippen molar-refractivity contribution in [2.24, 2.45) is 14.1 Å². The largest absolute Gasteiger partial charge is 0.327 e. The van der Waals surface area contributed by atoms with Gasteiger partial charge in [0, 0.05) is 26.7 Å². The van der Waals surface area contributed by atoms with Crippen molar-refractivity contribution in [2.45, 2.75) is 26.7 Å². The number of fused-ring (bicyclic) bond motifs is 1. The van der Waals surface area contributed by atoms with Gasteiger partial charge in [-0.25, -0.2) is 4.98 Å². The smallest absolute Gasteiger partial charge is 0.276 e. The summed E-state index contributed by atoms with van der Waals surface area (Å²) in [5.74, 6) is 0.990. The van der Waals surface area contributed by atoms with Gasteiger partial charge in [0.2, 0.25) is 0 Å². The van der Waals surface area contributed by atoms with Crippen LogP contribution in [0.3, 0.4) is 0 Å². The van der Waals surface area contributed by atoms with Gasteiger partial charge in [-0.3, -0.25) is 4.79 Å². The molecule has 2 aromatic rings. The van der Waals surface area contributed by atoms with E-state index in [9.17, 15) is 4.79 Å². The minimum absolute atomic E-state index is 0.0259. The van der Waals surface area contributed by atoms with Crippen LogP contribution in [0.15, 0.2) is 11.0 Å². The van der Waals surface area contributed by atoms with Gasteiger partial charge >= 0.3 is 0 Å². The highest BCUT2D eigenvalue weighted by molar-refractivity contribution is 5.78. The summed E-state index contributed by atoms with van der Waals surface area (Å²) >= 11 is 0. The third-order valence-corrected chi connectivity index (χ3v) is 2.95. The first-order chi connectivity index (χ1) is 7.56. The summed E-state index contributed by atoms with van der Waals surface area (Å²) in [4.78, 5) is 16.6. The highest BCUT2D eigenvalue weighted by Crippen LogP contribution is 2.15. The van der Waals surface area contributed by atoms with E-state index in [1.165, 1.54) is 0 Å². The summed E-state index contributed by atoms with van der Waals surface area (Å²) in [5, 5.41) is 0. The maximum absolute atomic E-state index is 12.0. The molecule has 2 aromatic heterocycles. The molecule has 0 amide bonds. The molecule has 0 aromatic carbocycles. The molecule has 2 heterocycles. The SMILES string of the molecule is CCCc1nc2c(C)cn(C)c(=O)c2n1C. The van der Waals surface area contributed by atoms with E-state index in [4.69, 9.17) is 0 Å². The lowest BCUT2D eigenvalue weighted by Crippen LogP contribution is -2.18. The number of imidazole rings is 1. The summed E-state index contributed by atoms with van der Waals surface area (Å²) in [7, 11) is 3.70. The molecule has 0 aliphatic heterocycles. The van der Waals surface area contributed by atoms with E-state index in [1.54, 1.807) is 11.6 Å². The second kappa shape index (κ2) is 3.77. The van der Waals surface area contributed by atoms with Gasteiger partial charge in [0.05, 0.1) is 5.52 Å². The fourth-order valence-corrected chi connectivity index (χ4v) is 2.09. The van der Waals surface area contributed by atoms with Crippen LogP contribution in [0, 0.1) is 6.92 Å². The molecule has 0 aliphatic rings. The Balaban J connectivity index is 2.86. The van der Waals surface area contributed by atoms with Gasteiger partial charge in [0.25, 0.3) is 5.56 Å². The van der Waals surface area contributed by atoms with Crippen molar-refractivity contribution in [2.75, 3.05) is 0 Å². The number of aromatic nitrogens is 3. The fourth-order valence-electron chi connectivity index (χ4n) is 2.09. The third kappa shape index (κ3) is 1.45. The maximum atomic E-state index is 12.0. The quantitative estimate of drug-likeness (QED) is 0.768. The third-order valence-electron chi connectivity index (χ3n) is 2.95. The molecule has 0 saturated heterocycles. The van der Waals surface area contributed by atoms with E-state index < -0.39 is 0 Å². The van der Waals surface area contributed by atoms with Crippen molar-refractivity contribution in [1.82, 2.24) is 14.1 Å². The Morgan fingerprint density at radius 1 is 1.38 bits per heavy atom. The molecule has 0 bridgehead atoms. The summed E-state index contributed by atoms with van der Waals surface area (Å²) in [6.45, 7) is 4.11. The molecule has 4 nitrogen and oxygen atoms in total. The van der Waals surface area contributed by atoms with Crippen LogP contribution in [0.4, 0.5) is 0 Å². The van der Waals surface area contributed by atoms with Crippen LogP contribution in [0.25, 0.3) is 11.0 Å². The van der Waals surface area contributed by atoms with Crippen molar-refractivity contribution in [1.29, 1.82) is 0 Å². The van der Waals surface area contributed by atoms with Gasteiger partial charge in [0.1, 0.15) is 11.3 Å². The molecule has 0 fully saturated rings. The van der Waals surface area contributed by atoms with Crippen molar-refractivity contribution >= 4 is 11.0 Å². The molecular weight excluding hydrogens is 202 g/mol. The van der Waals surface area contributed by atoms with Crippen molar-refractivity contribution < 1.29 is 0 Å². The molecule has 0 radical (unpaired) electrons. The second-order valence-electron chi connectivity index (χ2n) is 4.26. The molecule has 2 rings (SSSR count). The average Bonchev–Trinajstić information content (AvgIpc) is 2.55. The molecule has 0 aliphatic carbocycles. The Hall–Kier alpha value is -1.58. The summed E-state index contributed by atoms with van der Waals surface area (Å²) in [6.07, 6.45) is 3.79. The molecule has 0 atom stereocenters. The number of pyridine rings is 1. The maximum Gasteiger partial charge on any atom is 0.276 e. The van der Waals surface area contributed by atoms with E-state index in [-0.39, 0.29) is 5.56 Å². The van der Waals surface area contributed by atoms with E-state index in [0.29, 0.717) is 5.52 Å². The Morgan fingerprint density at radius 2 is 2.06 bits per heavy atom. The van der Waals surface area contributed by atoms with Gasteiger partial charge in [0.15, 0.2) is 0 Å². The molecule has 0 unspecified atom stereocenters. The Bertz CT molecular complexity index is 592. The highest BCUT2D eigenvalue weighted by atomic mass is 16.1. The monoisotopic (exact) mass is 219 g/mol. The summed E-state index contributed by atoms with van der Waals surface area (Å²) in [6, 6.07) is 0. The predicted molar refractivity (Wildman–Crippen MR) is 64.7 cm³/mol. The fraction of sp³-hybridized carbons (Fsp3) is 0.500. The molecular formula is C12H17N3O. The van der Waals surface area contributed by atoms with Gasteiger partial charge in [-0.15, -0.1) is 0 Å². The molecule has 16 heavy (non-hydrogen) atoms. The molecule has 4 heteroatoms. The van der Waals surface area contributed by atoms with Crippen LogP contribution in [0.5, 0.6) is 0 Å². The minimum Gasteiger partial charge on any atom is -0.327 e. The van der Waals surface area contributed by atoms with Crippen molar-refractivity contribution in [3.05, 3.63) is 27.9 Å². The van der Waals surface area contributed by atoms with E-state index >= 15 is 0 Å². The zero-order chi connectivity index (χ0) is 11.9. The van der Waals surface area contributed by atoms with Gasteiger partial charge in [-0.1, -0.05) is 6.92 Å². The molecule has 0 saturated carbocycles. The first kappa shape index (κ1) is 10.9. The lowest BCUT2D eigenvalue weighted by atomic mass is 10.2. The zero-order valence-corrected chi connectivity index (χ0v) is 10.2. The Kier molecular flexibility index (Phi) is 2.58. The van der Waals surface area contributed by atoms with Crippen LogP contribution in [0.2, 0.25) is 0 Å². The van der Waals surface area contributed by atoms with Crippen LogP contribution >= 0.6 is 0 Å². The van der Waals surface area contributed by atoms with Crippen LogP contribution in [-0.2, 0) is 20.5 Å². The Labute approximate surface area is 94.5 Å². The highest BCUT2D eigenvalue weighted by Gasteiger charge is 2.13. The first-order valence-electron chi connectivity index (χ1n) is 5.57. The van der Waals surface area contributed by atoms with Crippen molar-refractivity contribution in [3.8, 4) is 0 Å². The van der Waals surface area contributed by atoms with E-state index in [1.807, 2.05) is 24.7 Å². The average molecular weight is 219 g/mol. The molecule has 86 valence electrons. The Morgan fingerprint density at radius 3 is 2.69 bits per heavy atom. The van der Waals surface area contributed by atoms with Crippen LogP contribution in [-0.4, -0.2) is 14.1 Å². The lowest BCUT2D eigenvalue weighted by molar-refractivity contribution is 0.766.